The zero-order valence-corrected chi connectivity index (χ0v) is 13.5. The molecular formula is C18H15F3N2O3. The molecule has 1 heterocycles. The van der Waals surface area contributed by atoms with Gasteiger partial charge in [0.05, 0.1) is 0 Å². The molecular weight excluding hydrogens is 349 g/mol. The minimum absolute atomic E-state index is 0.250. The van der Waals surface area contributed by atoms with E-state index in [9.17, 15) is 22.8 Å². The number of anilines is 1. The summed E-state index contributed by atoms with van der Waals surface area (Å²) >= 11 is 0. The molecule has 26 heavy (non-hydrogen) atoms. The zero-order valence-electron chi connectivity index (χ0n) is 13.5. The van der Waals surface area contributed by atoms with Gasteiger partial charge in [0.1, 0.15) is 5.75 Å². The molecule has 3 rings (SSSR count). The van der Waals surface area contributed by atoms with Gasteiger partial charge in [-0.1, -0.05) is 24.3 Å². The van der Waals surface area contributed by atoms with E-state index in [-0.39, 0.29) is 18.1 Å². The Bertz CT molecular complexity index is 802. The Morgan fingerprint density at radius 1 is 0.962 bits per heavy atom. The lowest BCUT2D eigenvalue weighted by Crippen LogP contribution is -2.49. The van der Waals surface area contributed by atoms with E-state index in [1.807, 2.05) is 12.1 Å². The molecule has 3 amide bonds. The van der Waals surface area contributed by atoms with Crippen LogP contribution in [0.5, 0.6) is 5.75 Å². The lowest BCUT2D eigenvalue weighted by Gasteiger charge is -2.26. The number of amides is 3. The number of imide groups is 1. The van der Waals surface area contributed by atoms with Crippen molar-refractivity contribution in [2.45, 2.75) is 19.2 Å². The fraction of sp³-hybridized carbons (Fsp3) is 0.222. The van der Waals surface area contributed by atoms with E-state index in [1.54, 1.807) is 24.3 Å². The number of ether oxygens (including phenoxy) is 1. The molecule has 1 aliphatic rings. The summed E-state index contributed by atoms with van der Waals surface area (Å²) in [6.45, 7) is 0.324. The highest BCUT2D eigenvalue weighted by atomic mass is 19.4. The number of benzene rings is 2. The van der Waals surface area contributed by atoms with Crippen LogP contribution in [-0.4, -0.2) is 24.8 Å². The lowest BCUT2D eigenvalue weighted by atomic mass is 10.0. The average Bonchev–Trinajstić information content (AvgIpc) is 2.56. The minimum Gasteiger partial charge on any atom is -0.406 e. The van der Waals surface area contributed by atoms with Crippen molar-refractivity contribution in [3.63, 3.8) is 0 Å². The molecule has 0 atom stereocenters. The maximum absolute atomic E-state index is 12.2. The second-order valence-electron chi connectivity index (χ2n) is 5.79. The van der Waals surface area contributed by atoms with Crippen LogP contribution >= 0.6 is 0 Å². The van der Waals surface area contributed by atoms with E-state index >= 15 is 0 Å². The van der Waals surface area contributed by atoms with Crippen molar-refractivity contribution in [3.8, 4) is 5.75 Å². The van der Waals surface area contributed by atoms with Crippen LogP contribution < -0.4 is 15.0 Å². The van der Waals surface area contributed by atoms with Crippen LogP contribution in [0.4, 0.5) is 23.7 Å². The standard InChI is InChI=1S/C18H15F3N2O3/c19-18(20,21)26-15-7-3-13(4-8-15)11-12-1-5-14(6-2-12)23-10-9-16(24)22-17(23)25/h1-8H,9-11H2,(H,22,24,25). The highest BCUT2D eigenvalue weighted by Crippen LogP contribution is 2.24. The molecule has 0 radical (unpaired) electrons. The van der Waals surface area contributed by atoms with Gasteiger partial charge >= 0.3 is 12.4 Å². The summed E-state index contributed by atoms with van der Waals surface area (Å²) in [7, 11) is 0. The van der Waals surface area contributed by atoms with Gasteiger partial charge in [0.15, 0.2) is 0 Å². The molecule has 2 aromatic carbocycles. The Morgan fingerprint density at radius 2 is 1.54 bits per heavy atom. The highest BCUT2D eigenvalue weighted by molar-refractivity contribution is 6.05. The molecule has 5 nitrogen and oxygen atoms in total. The summed E-state index contributed by atoms with van der Waals surface area (Å²) in [6.07, 6.45) is -3.93. The molecule has 136 valence electrons. The largest absolute Gasteiger partial charge is 0.573 e. The van der Waals surface area contributed by atoms with Gasteiger partial charge in [-0.25, -0.2) is 4.79 Å². The average molecular weight is 364 g/mol. The van der Waals surface area contributed by atoms with Gasteiger partial charge in [-0.2, -0.15) is 0 Å². The van der Waals surface area contributed by atoms with Crippen molar-refractivity contribution in [1.82, 2.24) is 5.32 Å². The van der Waals surface area contributed by atoms with Gasteiger partial charge in [-0.15, -0.1) is 13.2 Å². The minimum atomic E-state index is -4.71. The van der Waals surface area contributed by atoms with Crippen molar-refractivity contribution in [1.29, 1.82) is 0 Å². The van der Waals surface area contributed by atoms with E-state index in [1.165, 1.54) is 17.0 Å². The van der Waals surface area contributed by atoms with E-state index in [0.29, 0.717) is 18.7 Å². The van der Waals surface area contributed by atoms with Crippen LogP contribution in [0.1, 0.15) is 17.5 Å². The van der Waals surface area contributed by atoms with Crippen LogP contribution in [-0.2, 0) is 11.2 Å². The first-order chi connectivity index (χ1) is 12.3. The molecule has 1 fully saturated rings. The quantitative estimate of drug-likeness (QED) is 0.902. The molecule has 0 bridgehead atoms. The monoisotopic (exact) mass is 364 g/mol. The summed E-state index contributed by atoms with van der Waals surface area (Å²) in [4.78, 5) is 24.5. The van der Waals surface area contributed by atoms with E-state index < -0.39 is 12.4 Å². The van der Waals surface area contributed by atoms with Crippen molar-refractivity contribution >= 4 is 17.6 Å². The van der Waals surface area contributed by atoms with E-state index in [0.717, 1.165) is 11.1 Å². The molecule has 0 unspecified atom stereocenters. The fourth-order valence-corrected chi connectivity index (χ4v) is 2.65. The summed E-state index contributed by atoms with van der Waals surface area (Å²) in [5.41, 5.74) is 2.44. The number of carbonyl (C=O) groups is 2. The summed E-state index contributed by atoms with van der Waals surface area (Å²) in [5, 5.41) is 2.26. The third kappa shape index (κ3) is 4.53. The molecule has 0 aromatic heterocycles. The Morgan fingerprint density at radius 3 is 2.08 bits per heavy atom. The van der Waals surface area contributed by atoms with Crippen LogP contribution in [0, 0.1) is 0 Å². The molecule has 1 aliphatic heterocycles. The van der Waals surface area contributed by atoms with Gasteiger partial charge in [-0.05, 0) is 41.8 Å². The predicted octanol–water partition coefficient (Wildman–Crippen LogP) is 3.62. The van der Waals surface area contributed by atoms with Crippen LogP contribution in [0.15, 0.2) is 48.5 Å². The SMILES string of the molecule is O=C1CCN(c2ccc(Cc3ccc(OC(F)(F)F)cc3)cc2)C(=O)N1. The number of rotatable bonds is 4. The number of halogens is 3. The third-order valence-electron chi connectivity index (χ3n) is 3.87. The van der Waals surface area contributed by atoms with Crippen molar-refractivity contribution in [2.75, 3.05) is 11.4 Å². The Kier molecular flexibility index (Phi) is 4.83. The fourth-order valence-electron chi connectivity index (χ4n) is 2.65. The van der Waals surface area contributed by atoms with Gasteiger partial charge in [0.25, 0.3) is 0 Å². The topological polar surface area (TPSA) is 58.6 Å². The van der Waals surface area contributed by atoms with Crippen molar-refractivity contribution in [3.05, 3.63) is 59.7 Å². The van der Waals surface area contributed by atoms with Crippen molar-refractivity contribution < 1.29 is 27.5 Å². The number of alkyl halides is 3. The number of hydrogen-bond donors (Lipinski definition) is 1. The highest BCUT2D eigenvalue weighted by Gasteiger charge is 2.31. The summed E-state index contributed by atoms with van der Waals surface area (Å²) < 4.78 is 40.3. The molecule has 0 saturated carbocycles. The second-order valence-corrected chi connectivity index (χ2v) is 5.79. The maximum atomic E-state index is 12.2. The van der Waals surface area contributed by atoms with Gasteiger partial charge < -0.3 is 4.74 Å². The first kappa shape index (κ1) is 17.8. The van der Waals surface area contributed by atoms with Crippen LogP contribution in [0.2, 0.25) is 0 Å². The summed E-state index contributed by atoms with van der Waals surface area (Å²) in [6, 6.07) is 12.4. The summed E-state index contributed by atoms with van der Waals surface area (Å²) in [5.74, 6) is -0.553. The van der Waals surface area contributed by atoms with Gasteiger partial charge in [0.2, 0.25) is 5.91 Å². The number of nitrogens with zero attached hydrogens (tertiary/aromatic N) is 1. The molecule has 1 N–H and O–H groups in total. The van der Waals surface area contributed by atoms with Crippen LogP contribution in [0.25, 0.3) is 0 Å². The number of hydrogen-bond acceptors (Lipinski definition) is 3. The van der Waals surface area contributed by atoms with E-state index in [2.05, 4.69) is 10.1 Å². The van der Waals surface area contributed by atoms with Crippen molar-refractivity contribution in [2.24, 2.45) is 0 Å². The third-order valence-corrected chi connectivity index (χ3v) is 3.87. The molecule has 8 heteroatoms. The number of nitrogens with one attached hydrogen (secondary N) is 1. The smallest absolute Gasteiger partial charge is 0.406 e. The normalized spacial score (nSPS) is 15.0. The Balaban J connectivity index is 1.64. The van der Waals surface area contributed by atoms with Gasteiger partial charge in [-0.3, -0.25) is 15.0 Å². The Labute approximate surface area is 147 Å². The Hall–Kier alpha value is -3.03. The van der Waals surface area contributed by atoms with E-state index in [4.69, 9.17) is 0 Å². The zero-order chi connectivity index (χ0) is 18.7. The molecule has 0 aliphatic carbocycles. The predicted molar refractivity (Wildman–Crippen MR) is 87.9 cm³/mol. The maximum Gasteiger partial charge on any atom is 0.573 e. The molecule has 1 saturated heterocycles. The first-order valence-corrected chi connectivity index (χ1v) is 7.85. The molecule has 0 spiro atoms. The first-order valence-electron chi connectivity index (χ1n) is 7.85. The number of urea groups is 1. The van der Waals surface area contributed by atoms with Crippen LogP contribution in [0.3, 0.4) is 0 Å². The molecule has 2 aromatic rings. The second kappa shape index (κ2) is 7.07. The lowest BCUT2D eigenvalue weighted by molar-refractivity contribution is -0.274. The van der Waals surface area contributed by atoms with Gasteiger partial charge in [0, 0.05) is 18.7 Å². The number of carbonyl (C=O) groups excluding carboxylic acids is 2.